The third-order valence-corrected chi connectivity index (χ3v) is 7.93. The Morgan fingerprint density at radius 1 is 1.04 bits per heavy atom. The molecule has 3 N–H and O–H groups in total. The van der Waals surface area contributed by atoms with Gasteiger partial charge in [0.05, 0.1) is 18.2 Å². The number of hydrogen-bond donors (Lipinski definition) is 3. The van der Waals surface area contributed by atoms with Gasteiger partial charge in [0.2, 0.25) is 6.41 Å². The van der Waals surface area contributed by atoms with Gasteiger partial charge in [-0.2, -0.15) is 9.78 Å². The maximum atomic E-state index is 14.6. The second-order valence-corrected chi connectivity index (χ2v) is 12.3. The third-order valence-electron chi connectivity index (χ3n) is 7.93. The van der Waals surface area contributed by atoms with Crippen LogP contribution in [0.4, 0.5) is 13.6 Å². The number of hydrogen-bond acceptors (Lipinski definition) is 5. The number of fused-ring (bicyclic) bond motifs is 1. The van der Waals surface area contributed by atoms with Crippen LogP contribution in [0.3, 0.4) is 0 Å². The monoisotopic (exact) mass is 625 g/mol. The van der Waals surface area contributed by atoms with Gasteiger partial charge in [-0.3, -0.25) is 14.5 Å². The number of carbonyl (C=O) groups excluding carboxylic acids is 2. The van der Waals surface area contributed by atoms with E-state index in [2.05, 4.69) is 48.3 Å². The van der Waals surface area contributed by atoms with E-state index in [1.54, 1.807) is 26.8 Å². The molecule has 3 aromatic rings. The quantitative estimate of drug-likeness (QED) is 0.236. The van der Waals surface area contributed by atoms with Crippen LogP contribution in [0.5, 0.6) is 0 Å². The molecule has 0 bridgehead atoms. The largest absolute Gasteiger partial charge is 0.481 e. The number of carbonyl (C=O) groups is 3. The molecule has 0 saturated heterocycles. The minimum atomic E-state index is -1.16. The van der Waals surface area contributed by atoms with E-state index in [4.69, 9.17) is 5.11 Å². The van der Waals surface area contributed by atoms with E-state index < -0.39 is 24.2 Å². The van der Waals surface area contributed by atoms with Crippen LogP contribution in [-0.4, -0.2) is 57.3 Å². The number of aromatic nitrogens is 2. The zero-order valence-electron chi connectivity index (χ0n) is 27.2. The lowest BCUT2D eigenvalue weighted by atomic mass is 9.90. The second kappa shape index (κ2) is 15.7. The molecule has 2 amide bonds. The van der Waals surface area contributed by atoms with E-state index in [-0.39, 0.29) is 17.4 Å². The Kier molecular flexibility index (Phi) is 12.4. The van der Waals surface area contributed by atoms with Crippen LogP contribution in [0.25, 0.3) is 11.1 Å². The molecule has 4 rings (SSSR count). The molecule has 2 aromatic carbocycles. The van der Waals surface area contributed by atoms with Gasteiger partial charge in [-0.15, -0.1) is 0 Å². The van der Waals surface area contributed by atoms with Crippen molar-refractivity contribution in [3.8, 4) is 11.1 Å². The van der Waals surface area contributed by atoms with Crippen molar-refractivity contribution in [2.24, 2.45) is 5.92 Å². The van der Waals surface area contributed by atoms with Crippen molar-refractivity contribution in [3.63, 3.8) is 0 Å². The Balaban J connectivity index is 0.000000251. The molecule has 0 aliphatic carbocycles. The van der Waals surface area contributed by atoms with Crippen LogP contribution in [0.1, 0.15) is 80.1 Å². The summed E-state index contributed by atoms with van der Waals surface area (Å²) in [6, 6.07) is 5.34. The van der Waals surface area contributed by atoms with Crippen molar-refractivity contribution in [3.05, 3.63) is 75.6 Å². The highest BCUT2D eigenvalue weighted by Gasteiger charge is 2.23. The fourth-order valence-corrected chi connectivity index (χ4v) is 5.49. The molecule has 9 nitrogen and oxygen atoms in total. The molecule has 0 unspecified atom stereocenters. The van der Waals surface area contributed by atoms with E-state index in [1.807, 2.05) is 6.20 Å². The number of benzene rings is 2. The summed E-state index contributed by atoms with van der Waals surface area (Å²) in [7, 11) is 0. The van der Waals surface area contributed by atoms with Gasteiger partial charge in [-0.1, -0.05) is 13.8 Å². The Bertz CT molecular complexity index is 1500. The number of carboxylic acids is 1. The van der Waals surface area contributed by atoms with Gasteiger partial charge in [-0.05, 0) is 111 Å². The van der Waals surface area contributed by atoms with E-state index >= 15 is 0 Å². The standard InChI is InChI=1S/C19H19F2NO3.C15H26N4O/c1-10-5-14(20)6-11(2)18(10)13-4-12(3)19(21)15(7-13)16(22-9-23)8-17(24)25;1-11(2)5-7-16-15(20)19-9-13-6-8-18(12(3)4)10-14(13)17-19/h4-7,9,16H,8H2,1-3H3,(H,22,23)(H,24,25);9,11-12H,5-8,10H2,1-4H3,(H,16,20)/t16-;/m0./s1. The van der Waals surface area contributed by atoms with E-state index in [0.717, 1.165) is 37.2 Å². The first-order valence-electron chi connectivity index (χ1n) is 15.3. The Labute approximate surface area is 264 Å². The minimum absolute atomic E-state index is 0.0904. The normalized spacial score (nSPS) is 13.6. The fraction of sp³-hybridized carbons (Fsp3) is 0.471. The van der Waals surface area contributed by atoms with Gasteiger partial charge < -0.3 is 15.7 Å². The molecule has 2 heterocycles. The van der Waals surface area contributed by atoms with Gasteiger partial charge in [0.15, 0.2) is 0 Å². The lowest BCUT2D eigenvalue weighted by molar-refractivity contribution is -0.137. The summed E-state index contributed by atoms with van der Waals surface area (Å²) in [6.07, 6.45) is 3.77. The number of amides is 2. The summed E-state index contributed by atoms with van der Waals surface area (Å²) in [5.74, 6) is -1.48. The van der Waals surface area contributed by atoms with Crippen LogP contribution in [0.2, 0.25) is 0 Å². The SMILES string of the molecule is CC(C)CCNC(=O)n1cc2c(n1)CN(C(C)C)CC2.Cc1cc(-c2c(C)cc(F)cc2C)cc([C@H](CC(=O)O)NC=O)c1F. The molecule has 0 radical (unpaired) electrons. The van der Waals surface area contributed by atoms with Gasteiger partial charge in [-0.25, -0.2) is 13.6 Å². The fourth-order valence-electron chi connectivity index (χ4n) is 5.49. The Morgan fingerprint density at radius 2 is 1.71 bits per heavy atom. The minimum Gasteiger partial charge on any atom is -0.481 e. The highest BCUT2D eigenvalue weighted by atomic mass is 19.1. The first kappa shape index (κ1) is 35.4. The van der Waals surface area contributed by atoms with Gasteiger partial charge in [0.1, 0.15) is 11.6 Å². The maximum absolute atomic E-state index is 14.6. The van der Waals surface area contributed by atoms with Crippen molar-refractivity contribution in [1.29, 1.82) is 0 Å². The lowest BCUT2D eigenvalue weighted by Gasteiger charge is -2.29. The van der Waals surface area contributed by atoms with Crippen LogP contribution in [0.15, 0.2) is 30.5 Å². The summed E-state index contributed by atoms with van der Waals surface area (Å²) in [4.78, 5) is 36.3. The van der Waals surface area contributed by atoms with Crippen molar-refractivity contribution >= 4 is 18.4 Å². The van der Waals surface area contributed by atoms with Crippen molar-refractivity contribution < 1.29 is 28.3 Å². The average molecular weight is 626 g/mol. The number of halogens is 2. The highest BCUT2D eigenvalue weighted by Crippen LogP contribution is 2.33. The molecule has 0 saturated carbocycles. The van der Waals surface area contributed by atoms with Crippen LogP contribution in [0, 0.1) is 38.3 Å². The molecule has 0 spiro atoms. The molecule has 244 valence electrons. The van der Waals surface area contributed by atoms with E-state index in [0.29, 0.717) is 47.2 Å². The first-order valence-corrected chi connectivity index (χ1v) is 15.3. The number of aryl methyl sites for hydroxylation is 3. The first-order chi connectivity index (χ1) is 21.2. The number of carboxylic acid groups (broad SMARTS) is 1. The predicted molar refractivity (Wildman–Crippen MR) is 170 cm³/mol. The number of nitrogens with zero attached hydrogens (tertiary/aromatic N) is 3. The molecular formula is C34H45F2N5O4. The second-order valence-electron chi connectivity index (χ2n) is 12.3. The van der Waals surface area contributed by atoms with E-state index in [9.17, 15) is 23.2 Å². The maximum Gasteiger partial charge on any atom is 0.342 e. The third kappa shape index (κ3) is 9.43. The topological polar surface area (TPSA) is 117 Å². The summed E-state index contributed by atoms with van der Waals surface area (Å²) < 4.78 is 29.6. The Morgan fingerprint density at radius 3 is 2.29 bits per heavy atom. The number of nitrogens with one attached hydrogen (secondary N) is 2. The average Bonchev–Trinajstić information content (AvgIpc) is 3.38. The van der Waals surface area contributed by atoms with Crippen LogP contribution >= 0.6 is 0 Å². The molecule has 1 aliphatic rings. The van der Waals surface area contributed by atoms with Crippen LogP contribution < -0.4 is 10.6 Å². The predicted octanol–water partition coefficient (Wildman–Crippen LogP) is 6.07. The summed E-state index contributed by atoms with van der Waals surface area (Å²) in [5, 5.41) is 18.7. The van der Waals surface area contributed by atoms with Crippen LogP contribution in [-0.2, 0) is 22.6 Å². The lowest BCUT2D eigenvalue weighted by Crippen LogP contribution is -2.35. The van der Waals surface area contributed by atoms with E-state index in [1.165, 1.54) is 28.4 Å². The molecule has 0 fully saturated rings. The van der Waals surface area contributed by atoms with Crippen molar-refractivity contribution in [1.82, 2.24) is 25.3 Å². The van der Waals surface area contributed by atoms with Crippen molar-refractivity contribution in [2.45, 2.75) is 86.4 Å². The number of aliphatic carboxylic acids is 1. The molecule has 11 heteroatoms. The smallest absolute Gasteiger partial charge is 0.342 e. The molecule has 1 aromatic heterocycles. The molecular weight excluding hydrogens is 580 g/mol. The van der Waals surface area contributed by atoms with Gasteiger partial charge in [0, 0.05) is 37.4 Å². The summed E-state index contributed by atoms with van der Waals surface area (Å²) >= 11 is 0. The highest BCUT2D eigenvalue weighted by molar-refractivity contribution is 5.76. The van der Waals surface area contributed by atoms with Gasteiger partial charge >= 0.3 is 12.0 Å². The summed E-state index contributed by atoms with van der Waals surface area (Å²) in [6.45, 7) is 16.4. The number of rotatable bonds is 10. The van der Waals surface area contributed by atoms with Gasteiger partial charge in [0.25, 0.3) is 0 Å². The zero-order valence-corrected chi connectivity index (χ0v) is 27.2. The molecule has 45 heavy (non-hydrogen) atoms. The molecule has 1 atom stereocenters. The zero-order chi connectivity index (χ0) is 33.4. The summed E-state index contributed by atoms with van der Waals surface area (Å²) in [5.41, 5.74) is 5.44. The van der Waals surface area contributed by atoms with Crippen molar-refractivity contribution in [2.75, 3.05) is 13.1 Å². The molecule has 1 aliphatic heterocycles. The Hall–Kier alpha value is -4.12.